The van der Waals surface area contributed by atoms with Crippen LogP contribution < -0.4 is 10.1 Å². The summed E-state index contributed by atoms with van der Waals surface area (Å²) in [5.41, 5.74) is 1.94. The van der Waals surface area contributed by atoms with Crippen molar-refractivity contribution < 1.29 is 9.53 Å². The molecule has 1 heterocycles. The van der Waals surface area contributed by atoms with Crippen LogP contribution in [0.25, 0.3) is 10.6 Å². The first-order chi connectivity index (χ1) is 10.6. The Kier molecular flexibility index (Phi) is 5.95. The number of hydrogen-bond acceptors (Lipinski definition) is 4. The molecule has 5 heteroatoms. The minimum Gasteiger partial charge on any atom is -0.496 e. The van der Waals surface area contributed by atoms with E-state index in [2.05, 4.69) is 17.2 Å². The second-order valence-electron chi connectivity index (χ2n) is 5.22. The number of carbonyl (C=O) groups is 1. The zero-order valence-electron chi connectivity index (χ0n) is 13.3. The summed E-state index contributed by atoms with van der Waals surface area (Å²) in [5, 5.41) is 5.91. The van der Waals surface area contributed by atoms with Crippen LogP contribution in [0, 0.1) is 0 Å². The number of carbonyl (C=O) groups excluding carboxylic acids is 1. The normalized spacial score (nSPS) is 12.0. The second-order valence-corrected chi connectivity index (χ2v) is 6.08. The fraction of sp³-hybridized carbons (Fsp3) is 0.412. The lowest BCUT2D eigenvalue weighted by Gasteiger charge is -2.10. The van der Waals surface area contributed by atoms with E-state index in [9.17, 15) is 4.79 Å². The number of aromatic nitrogens is 1. The third-order valence-corrected chi connectivity index (χ3v) is 4.44. The van der Waals surface area contributed by atoms with E-state index in [0.29, 0.717) is 12.8 Å². The number of methoxy groups -OCH3 is 1. The van der Waals surface area contributed by atoms with Crippen LogP contribution in [0.3, 0.4) is 0 Å². The highest BCUT2D eigenvalue weighted by atomic mass is 32.1. The Balaban J connectivity index is 1.98. The van der Waals surface area contributed by atoms with Crippen LogP contribution in [0.15, 0.2) is 29.6 Å². The van der Waals surface area contributed by atoms with Crippen LogP contribution in [0.1, 0.15) is 32.4 Å². The molecule has 1 atom stereocenters. The molecule has 0 aliphatic rings. The molecule has 0 saturated heterocycles. The first-order valence-electron chi connectivity index (χ1n) is 7.51. The van der Waals surface area contributed by atoms with Gasteiger partial charge in [-0.25, -0.2) is 4.98 Å². The molecule has 0 radical (unpaired) electrons. The number of nitrogens with one attached hydrogen (secondary N) is 1. The molecule has 4 nitrogen and oxygen atoms in total. The van der Waals surface area contributed by atoms with Gasteiger partial charge in [-0.05, 0) is 31.9 Å². The van der Waals surface area contributed by atoms with E-state index < -0.39 is 0 Å². The van der Waals surface area contributed by atoms with E-state index in [1.165, 1.54) is 0 Å². The van der Waals surface area contributed by atoms with Crippen molar-refractivity contribution in [2.45, 2.75) is 39.2 Å². The smallest absolute Gasteiger partial charge is 0.220 e. The molecule has 118 valence electrons. The maximum Gasteiger partial charge on any atom is 0.220 e. The molecule has 2 aromatic rings. The van der Waals surface area contributed by atoms with Gasteiger partial charge in [0, 0.05) is 17.8 Å². The average molecular weight is 318 g/mol. The molecular weight excluding hydrogens is 296 g/mol. The second kappa shape index (κ2) is 7.94. The van der Waals surface area contributed by atoms with Gasteiger partial charge in [-0.15, -0.1) is 11.3 Å². The van der Waals surface area contributed by atoms with Crippen molar-refractivity contribution in [3.8, 4) is 16.3 Å². The monoisotopic (exact) mass is 318 g/mol. The molecule has 22 heavy (non-hydrogen) atoms. The van der Waals surface area contributed by atoms with Gasteiger partial charge < -0.3 is 10.1 Å². The van der Waals surface area contributed by atoms with E-state index >= 15 is 0 Å². The highest BCUT2D eigenvalue weighted by Gasteiger charge is 2.11. The predicted octanol–water partition coefficient (Wildman–Crippen LogP) is 3.67. The predicted molar refractivity (Wildman–Crippen MR) is 90.3 cm³/mol. The van der Waals surface area contributed by atoms with Gasteiger partial charge in [0.1, 0.15) is 10.8 Å². The highest BCUT2D eigenvalue weighted by molar-refractivity contribution is 7.13. The molecule has 1 aromatic heterocycles. The maximum absolute atomic E-state index is 11.8. The van der Waals surface area contributed by atoms with Crippen molar-refractivity contribution in [1.29, 1.82) is 0 Å². The highest BCUT2D eigenvalue weighted by Crippen LogP contribution is 2.31. The first-order valence-corrected chi connectivity index (χ1v) is 8.39. The number of nitrogens with zero attached hydrogens (tertiary/aromatic N) is 1. The summed E-state index contributed by atoms with van der Waals surface area (Å²) in [7, 11) is 1.66. The summed E-state index contributed by atoms with van der Waals surface area (Å²) < 4.78 is 5.37. The van der Waals surface area contributed by atoms with Gasteiger partial charge in [-0.3, -0.25) is 4.79 Å². The Hall–Kier alpha value is -1.88. The van der Waals surface area contributed by atoms with Gasteiger partial charge >= 0.3 is 0 Å². The van der Waals surface area contributed by atoms with Gasteiger partial charge in [-0.2, -0.15) is 0 Å². The lowest BCUT2D eigenvalue weighted by atomic mass is 10.2. The lowest BCUT2D eigenvalue weighted by molar-refractivity contribution is -0.121. The van der Waals surface area contributed by atoms with Gasteiger partial charge in [0.2, 0.25) is 5.91 Å². The number of para-hydroxylation sites is 1. The molecular formula is C17H22N2O2S. The molecule has 0 aliphatic carbocycles. The van der Waals surface area contributed by atoms with Crippen molar-refractivity contribution in [3.05, 3.63) is 35.3 Å². The number of rotatable bonds is 7. The van der Waals surface area contributed by atoms with E-state index in [4.69, 9.17) is 4.74 Å². The number of ether oxygens (including phenoxy) is 1. The molecule has 1 N–H and O–H groups in total. The number of hydrogen-bond donors (Lipinski definition) is 1. The summed E-state index contributed by atoms with van der Waals surface area (Å²) in [5.74, 6) is 0.902. The molecule has 0 fully saturated rings. The summed E-state index contributed by atoms with van der Waals surface area (Å²) in [4.78, 5) is 16.4. The van der Waals surface area contributed by atoms with Gasteiger partial charge in [0.05, 0.1) is 18.4 Å². The Morgan fingerprint density at radius 2 is 2.18 bits per heavy atom. The minimum atomic E-state index is 0.0844. The third-order valence-electron chi connectivity index (χ3n) is 3.52. The van der Waals surface area contributed by atoms with Crippen LogP contribution in [0.4, 0.5) is 0 Å². The summed E-state index contributed by atoms with van der Waals surface area (Å²) in [6.45, 7) is 4.07. The van der Waals surface area contributed by atoms with Gasteiger partial charge in [0.25, 0.3) is 0 Å². The third kappa shape index (κ3) is 4.31. The van der Waals surface area contributed by atoms with Crippen molar-refractivity contribution in [1.82, 2.24) is 10.3 Å². The van der Waals surface area contributed by atoms with Crippen molar-refractivity contribution in [2.24, 2.45) is 0 Å². The van der Waals surface area contributed by atoms with E-state index in [1.54, 1.807) is 18.4 Å². The largest absolute Gasteiger partial charge is 0.496 e. The van der Waals surface area contributed by atoms with Gasteiger partial charge in [0.15, 0.2) is 0 Å². The van der Waals surface area contributed by atoms with Crippen LogP contribution in [0.2, 0.25) is 0 Å². The summed E-state index contributed by atoms with van der Waals surface area (Å²) in [6, 6.07) is 8.06. The van der Waals surface area contributed by atoms with Crippen molar-refractivity contribution in [2.75, 3.05) is 7.11 Å². The molecule has 0 saturated carbocycles. The maximum atomic E-state index is 11.8. The van der Waals surface area contributed by atoms with Gasteiger partial charge in [-0.1, -0.05) is 19.1 Å². The molecule has 0 bridgehead atoms. The molecule has 1 unspecified atom stereocenters. The van der Waals surface area contributed by atoms with Crippen LogP contribution >= 0.6 is 11.3 Å². The van der Waals surface area contributed by atoms with Crippen LogP contribution in [-0.2, 0) is 11.2 Å². The molecule has 0 spiro atoms. The number of benzene rings is 1. The van der Waals surface area contributed by atoms with Crippen LogP contribution in [0.5, 0.6) is 5.75 Å². The minimum absolute atomic E-state index is 0.0844. The standard InChI is InChI=1S/C17H22N2O2S/c1-4-12(2)18-16(20)10-9-13-11-22-17(19-13)14-7-5-6-8-15(14)21-3/h5-8,11-12H,4,9-10H2,1-3H3,(H,18,20). The quantitative estimate of drug-likeness (QED) is 0.847. The molecule has 0 aliphatic heterocycles. The van der Waals surface area contributed by atoms with Crippen LogP contribution in [-0.4, -0.2) is 24.0 Å². The zero-order valence-corrected chi connectivity index (χ0v) is 14.1. The van der Waals surface area contributed by atoms with Crippen molar-refractivity contribution >= 4 is 17.2 Å². The first kappa shape index (κ1) is 16.5. The van der Waals surface area contributed by atoms with E-state index in [0.717, 1.165) is 28.4 Å². The summed E-state index contributed by atoms with van der Waals surface area (Å²) >= 11 is 1.58. The zero-order chi connectivity index (χ0) is 15.9. The molecule has 1 amide bonds. The Morgan fingerprint density at radius 1 is 1.41 bits per heavy atom. The summed E-state index contributed by atoms with van der Waals surface area (Å²) in [6.07, 6.45) is 2.08. The Morgan fingerprint density at radius 3 is 2.91 bits per heavy atom. The van der Waals surface area contributed by atoms with E-state index in [1.807, 2.05) is 36.6 Å². The fourth-order valence-electron chi connectivity index (χ4n) is 2.06. The average Bonchev–Trinajstić information content (AvgIpc) is 3.01. The molecule has 2 rings (SSSR count). The fourth-order valence-corrected chi connectivity index (χ4v) is 2.94. The van der Waals surface area contributed by atoms with E-state index in [-0.39, 0.29) is 11.9 Å². The van der Waals surface area contributed by atoms with Crippen molar-refractivity contribution in [3.63, 3.8) is 0 Å². The Bertz CT molecular complexity index is 625. The number of aryl methyl sites for hydroxylation is 1. The SMILES string of the molecule is CCC(C)NC(=O)CCc1csc(-c2ccccc2OC)n1. The Labute approximate surface area is 135 Å². The molecule has 1 aromatic carbocycles. The topological polar surface area (TPSA) is 51.2 Å². The number of thiazole rings is 1. The lowest BCUT2D eigenvalue weighted by Crippen LogP contribution is -2.32. The number of amides is 1.